The van der Waals surface area contributed by atoms with E-state index in [0.717, 1.165) is 23.1 Å². The number of nitrogens with zero attached hydrogens (tertiary/aromatic N) is 4. The molecule has 1 saturated heterocycles. The Bertz CT molecular complexity index is 1170. The number of carbonyl (C=O) groups excluding carboxylic acids is 1. The highest BCUT2D eigenvalue weighted by Gasteiger charge is 2.31. The molecule has 0 radical (unpaired) electrons. The van der Waals surface area contributed by atoms with Crippen molar-refractivity contribution in [2.24, 2.45) is 0 Å². The number of likely N-dealkylation sites (tertiary alicyclic amines) is 1. The van der Waals surface area contributed by atoms with E-state index in [-0.39, 0.29) is 17.9 Å². The molecule has 30 heavy (non-hydrogen) atoms. The Hall–Kier alpha value is -3.68. The van der Waals surface area contributed by atoms with Gasteiger partial charge in [0.1, 0.15) is 11.3 Å². The lowest BCUT2D eigenvalue weighted by Crippen LogP contribution is -2.38. The van der Waals surface area contributed by atoms with Crippen molar-refractivity contribution in [1.82, 2.24) is 24.8 Å². The van der Waals surface area contributed by atoms with Crippen LogP contribution >= 0.6 is 0 Å². The minimum atomic E-state index is -0.291. The molecule has 2 amide bonds. The van der Waals surface area contributed by atoms with Crippen molar-refractivity contribution in [3.8, 4) is 11.6 Å². The van der Waals surface area contributed by atoms with Crippen LogP contribution in [-0.2, 0) is 6.54 Å². The fraction of sp³-hybridized carbons (Fsp3) is 0.227. The number of aromatic nitrogens is 3. The molecule has 1 fully saturated rings. The summed E-state index contributed by atoms with van der Waals surface area (Å²) in [4.78, 5) is 23.7. The molecule has 0 aliphatic carbocycles. The lowest BCUT2D eigenvalue weighted by Gasteiger charge is -2.19. The van der Waals surface area contributed by atoms with E-state index in [0.29, 0.717) is 31.2 Å². The molecule has 1 atom stereocenters. The molecule has 1 aromatic carbocycles. The van der Waals surface area contributed by atoms with Crippen molar-refractivity contribution in [2.45, 2.75) is 19.0 Å². The van der Waals surface area contributed by atoms with Crippen molar-refractivity contribution in [3.63, 3.8) is 0 Å². The first-order valence-corrected chi connectivity index (χ1v) is 9.83. The van der Waals surface area contributed by atoms with Crippen LogP contribution in [0.15, 0.2) is 65.4 Å². The van der Waals surface area contributed by atoms with Crippen LogP contribution in [0.25, 0.3) is 22.7 Å². The van der Waals surface area contributed by atoms with E-state index >= 15 is 0 Å². The molecule has 4 aromatic rings. The molecule has 1 N–H and O–H groups in total. The second-order valence-corrected chi connectivity index (χ2v) is 7.30. The van der Waals surface area contributed by atoms with Gasteiger partial charge in [-0.2, -0.15) is 0 Å². The van der Waals surface area contributed by atoms with E-state index in [1.165, 1.54) is 12.1 Å². The zero-order valence-electron chi connectivity index (χ0n) is 16.2. The molecule has 1 aliphatic heterocycles. The standard InChI is InChI=1S/C22H20FN5O2/c23-16-7-5-15(6-8-16)13-25-22(29)27-11-9-17(14-27)28-20-18(3-1-10-24-20)26-21(28)19-4-2-12-30-19/h1-8,10,12,17H,9,11,13-14H2,(H,25,29)/t17-/m1/s1. The van der Waals surface area contributed by atoms with Crippen LogP contribution in [0.5, 0.6) is 0 Å². The Morgan fingerprint density at radius 2 is 2.07 bits per heavy atom. The lowest BCUT2D eigenvalue weighted by atomic mass is 10.2. The van der Waals surface area contributed by atoms with Crippen molar-refractivity contribution >= 4 is 17.2 Å². The van der Waals surface area contributed by atoms with Gasteiger partial charge in [-0.15, -0.1) is 0 Å². The van der Waals surface area contributed by atoms with Gasteiger partial charge in [0.25, 0.3) is 0 Å². The number of fused-ring (bicyclic) bond motifs is 1. The summed E-state index contributed by atoms with van der Waals surface area (Å²) >= 11 is 0. The number of hydrogen-bond acceptors (Lipinski definition) is 4. The maximum atomic E-state index is 13.0. The fourth-order valence-corrected chi connectivity index (χ4v) is 3.88. The second-order valence-electron chi connectivity index (χ2n) is 7.30. The fourth-order valence-electron chi connectivity index (χ4n) is 3.88. The molecule has 7 nitrogen and oxygen atoms in total. The van der Waals surface area contributed by atoms with Crippen molar-refractivity contribution < 1.29 is 13.6 Å². The normalized spacial score (nSPS) is 16.3. The van der Waals surface area contributed by atoms with Crippen molar-refractivity contribution in [1.29, 1.82) is 0 Å². The molecular weight excluding hydrogens is 385 g/mol. The number of halogens is 1. The zero-order valence-corrected chi connectivity index (χ0v) is 16.2. The molecule has 0 spiro atoms. The third-order valence-electron chi connectivity index (χ3n) is 5.36. The predicted octanol–water partition coefficient (Wildman–Crippen LogP) is 3.99. The van der Waals surface area contributed by atoms with Crippen molar-refractivity contribution in [3.05, 3.63) is 72.4 Å². The van der Waals surface area contributed by atoms with E-state index in [9.17, 15) is 9.18 Å². The molecule has 0 unspecified atom stereocenters. The van der Waals surface area contributed by atoms with E-state index in [2.05, 4.69) is 14.9 Å². The summed E-state index contributed by atoms with van der Waals surface area (Å²) in [7, 11) is 0. The average molecular weight is 405 g/mol. The van der Waals surface area contributed by atoms with E-state index < -0.39 is 0 Å². The summed E-state index contributed by atoms with van der Waals surface area (Å²) in [5.74, 6) is 1.10. The largest absolute Gasteiger partial charge is 0.461 e. The van der Waals surface area contributed by atoms with Gasteiger partial charge >= 0.3 is 6.03 Å². The van der Waals surface area contributed by atoms with Crippen LogP contribution < -0.4 is 5.32 Å². The van der Waals surface area contributed by atoms with Crippen LogP contribution in [0.3, 0.4) is 0 Å². The number of carbonyl (C=O) groups is 1. The Kier molecular flexibility index (Phi) is 4.66. The quantitative estimate of drug-likeness (QED) is 0.557. The maximum absolute atomic E-state index is 13.0. The summed E-state index contributed by atoms with van der Waals surface area (Å²) in [6, 6.07) is 13.5. The monoisotopic (exact) mass is 405 g/mol. The average Bonchev–Trinajstić information content (AvgIpc) is 3.51. The number of urea groups is 1. The van der Waals surface area contributed by atoms with E-state index in [1.54, 1.807) is 29.5 Å². The Morgan fingerprint density at radius 3 is 2.87 bits per heavy atom. The lowest BCUT2D eigenvalue weighted by molar-refractivity contribution is 0.207. The van der Waals surface area contributed by atoms with Crippen LogP contribution in [0.1, 0.15) is 18.0 Å². The Morgan fingerprint density at radius 1 is 1.20 bits per heavy atom. The molecule has 5 rings (SSSR count). The first-order chi connectivity index (χ1) is 14.7. The van der Waals surface area contributed by atoms with Gasteiger partial charge in [-0.3, -0.25) is 0 Å². The van der Waals surface area contributed by atoms with Gasteiger partial charge in [0.05, 0.1) is 12.3 Å². The van der Waals surface area contributed by atoms with Crippen LogP contribution in [0.2, 0.25) is 0 Å². The molecule has 152 valence electrons. The molecule has 4 heterocycles. The smallest absolute Gasteiger partial charge is 0.317 e. The van der Waals surface area contributed by atoms with Gasteiger partial charge in [-0.25, -0.2) is 19.2 Å². The third-order valence-corrected chi connectivity index (χ3v) is 5.36. The van der Waals surface area contributed by atoms with Gasteiger partial charge in [0, 0.05) is 25.8 Å². The minimum Gasteiger partial charge on any atom is -0.461 e. The summed E-state index contributed by atoms with van der Waals surface area (Å²) < 4.78 is 20.7. The first kappa shape index (κ1) is 18.4. The van der Waals surface area contributed by atoms with Gasteiger partial charge in [-0.05, 0) is 48.4 Å². The van der Waals surface area contributed by atoms with Crippen molar-refractivity contribution in [2.75, 3.05) is 13.1 Å². The van der Waals surface area contributed by atoms with Gasteiger partial charge in [0.15, 0.2) is 17.2 Å². The predicted molar refractivity (Wildman–Crippen MR) is 109 cm³/mol. The Balaban J connectivity index is 1.34. The summed E-state index contributed by atoms with van der Waals surface area (Å²) in [5.41, 5.74) is 2.43. The SMILES string of the molecule is O=C(NCc1ccc(F)cc1)N1CC[C@@H](n2c(-c3ccco3)nc3cccnc32)C1. The number of hydrogen-bond donors (Lipinski definition) is 1. The number of rotatable bonds is 4. The maximum Gasteiger partial charge on any atom is 0.317 e. The Labute approximate surface area is 172 Å². The highest BCUT2D eigenvalue weighted by atomic mass is 19.1. The number of nitrogens with one attached hydrogen (secondary N) is 1. The summed E-state index contributed by atoms with van der Waals surface area (Å²) in [6.07, 6.45) is 4.16. The van der Waals surface area contributed by atoms with E-state index in [4.69, 9.17) is 9.40 Å². The van der Waals surface area contributed by atoms with Crippen LogP contribution in [-0.4, -0.2) is 38.6 Å². The molecular formula is C22H20FN5O2. The molecule has 0 bridgehead atoms. The summed E-state index contributed by atoms with van der Waals surface area (Å²) in [6.45, 7) is 1.53. The highest BCUT2D eigenvalue weighted by molar-refractivity contribution is 5.77. The van der Waals surface area contributed by atoms with Gasteiger partial charge < -0.3 is 19.2 Å². The number of furan rings is 1. The number of imidazole rings is 1. The number of amides is 2. The third kappa shape index (κ3) is 3.41. The van der Waals surface area contributed by atoms with Gasteiger partial charge in [0.2, 0.25) is 0 Å². The number of benzene rings is 1. The number of pyridine rings is 1. The minimum absolute atomic E-state index is 0.0431. The highest BCUT2D eigenvalue weighted by Crippen LogP contribution is 2.32. The molecule has 3 aromatic heterocycles. The first-order valence-electron chi connectivity index (χ1n) is 9.83. The van der Waals surface area contributed by atoms with Crippen LogP contribution in [0, 0.1) is 5.82 Å². The van der Waals surface area contributed by atoms with Gasteiger partial charge in [-0.1, -0.05) is 12.1 Å². The summed E-state index contributed by atoms with van der Waals surface area (Å²) in [5, 5.41) is 2.91. The molecule has 0 saturated carbocycles. The zero-order chi connectivity index (χ0) is 20.5. The van der Waals surface area contributed by atoms with Crippen LogP contribution in [0.4, 0.5) is 9.18 Å². The second kappa shape index (κ2) is 7.62. The molecule has 8 heteroatoms. The van der Waals surface area contributed by atoms with E-state index in [1.807, 2.05) is 24.3 Å². The topological polar surface area (TPSA) is 76.2 Å². The molecule has 1 aliphatic rings.